The number of aryl methyl sites for hydroxylation is 1. The van der Waals surface area contributed by atoms with Gasteiger partial charge in [0.25, 0.3) is 5.91 Å². The zero-order valence-electron chi connectivity index (χ0n) is 8.56. The first kappa shape index (κ1) is 11.3. The molecule has 0 aliphatic rings. The topological polar surface area (TPSA) is 71.3 Å². The van der Waals surface area contributed by atoms with Crippen molar-refractivity contribution in [3.8, 4) is 0 Å². The van der Waals surface area contributed by atoms with Crippen LogP contribution in [0.3, 0.4) is 0 Å². The number of nitrogens with zero attached hydrogens (tertiary/aromatic N) is 1. The molecule has 0 spiro atoms. The van der Waals surface area contributed by atoms with Crippen LogP contribution < -0.4 is 5.32 Å². The van der Waals surface area contributed by atoms with E-state index in [4.69, 9.17) is 5.11 Å². The normalized spacial score (nSPS) is 9.93. The van der Waals surface area contributed by atoms with Crippen LogP contribution in [0.15, 0.2) is 18.3 Å². The third-order valence-electron chi connectivity index (χ3n) is 2.03. The summed E-state index contributed by atoms with van der Waals surface area (Å²) in [6, 6.07) is 3.50. The standard InChI is InChI=1S/C10H14N2O3/c1-12-7-3-4-8(12)10(15)11-6-2-5-9(13)14/h3-4,7H,2,5-6H2,1H3,(H,11,15)(H,13,14). The Balaban J connectivity index is 2.31. The molecule has 82 valence electrons. The van der Waals surface area contributed by atoms with Crippen LogP contribution in [0.1, 0.15) is 23.3 Å². The van der Waals surface area contributed by atoms with E-state index in [0.29, 0.717) is 18.7 Å². The average molecular weight is 210 g/mol. The van der Waals surface area contributed by atoms with Crippen LogP contribution in [0.25, 0.3) is 0 Å². The Labute approximate surface area is 87.7 Å². The molecule has 15 heavy (non-hydrogen) atoms. The molecule has 0 aliphatic carbocycles. The van der Waals surface area contributed by atoms with Crippen LogP contribution in [0.5, 0.6) is 0 Å². The van der Waals surface area contributed by atoms with Crippen molar-refractivity contribution in [3.05, 3.63) is 24.0 Å². The van der Waals surface area contributed by atoms with E-state index < -0.39 is 5.97 Å². The molecule has 5 nitrogen and oxygen atoms in total. The minimum Gasteiger partial charge on any atom is -0.481 e. The molecule has 0 unspecified atom stereocenters. The number of hydrogen-bond donors (Lipinski definition) is 2. The lowest BCUT2D eigenvalue weighted by Gasteiger charge is -2.04. The summed E-state index contributed by atoms with van der Waals surface area (Å²) in [6.45, 7) is 0.385. The first-order valence-corrected chi connectivity index (χ1v) is 4.72. The minimum absolute atomic E-state index is 0.0768. The van der Waals surface area contributed by atoms with Crippen LogP contribution >= 0.6 is 0 Å². The molecule has 5 heteroatoms. The molecule has 0 radical (unpaired) electrons. The maximum atomic E-state index is 11.5. The van der Waals surface area contributed by atoms with Crippen LogP contribution in [-0.2, 0) is 11.8 Å². The Bertz CT molecular complexity index is 357. The number of aromatic nitrogens is 1. The first-order valence-electron chi connectivity index (χ1n) is 4.72. The van der Waals surface area contributed by atoms with E-state index >= 15 is 0 Å². The summed E-state index contributed by atoms with van der Waals surface area (Å²) in [6.07, 6.45) is 2.31. The fourth-order valence-electron chi connectivity index (χ4n) is 1.23. The number of carboxylic acid groups (broad SMARTS) is 1. The monoisotopic (exact) mass is 210 g/mol. The number of carboxylic acids is 1. The van der Waals surface area contributed by atoms with Crippen LogP contribution in [0.2, 0.25) is 0 Å². The summed E-state index contributed by atoms with van der Waals surface area (Å²) in [7, 11) is 1.78. The van der Waals surface area contributed by atoms with Crippen LogP contribution in [0, 0.1) is 0 Å². The van der Waals surface area contributed by atoms with Crippen molar-refractivity contribution in [2.45, 2.75) is 12.8 Å². The minimum atomic E-state index is -0.844. The van der Waals surface area contributed by atoms with Crippen molar-refractivity contribution in [2.24, 2.45) is 7.05 Å². The van der Waals surface area contributed by atoms with Crippen molar-refractivity contribution < 1.29 is 14.7 Å². The summed E-state index contributed by atoms with van der Waals surface area (Å²) >= 11 is 0. The van der Waals surface area contributed by atoms with Crippen LogP contribution in [-0.4, -0.2) is 28.1 Å². The van der Waals surface area contributed by atoms with Crippen molar-refractivity contribution in [3.63, 3.8) is 0 Å². The van der Waals surface area contributed by atoms with E-state index in [-0.39, 0.29) is 12.3 Å². The molecule has 0 aliphatic heterocycles. The maximum Gasteiger partial charge on any atom is 0.303 e. The lowest BCUT2D eigenvalue weighted by atomic mass is 10.3. The fourth-order valence-corrected chi connectivity index (χ4v) is 1.23. The van der Waals surface area contributed by atoms with E-state index in [1.54, 1.807) is 29.9 Å². The van der Waals surface area contributed by atoms with Gasteiger partial charge in [0.2, 0.25) is 0 Å². The van der Waals surface area contributed by atoms with Gasteiger partial charge < -0.3 is 15.0 Å². The molecule has 1 aromatic rings. The Morgan fingerprint density at radius 2 is 2.27 bits per heavy atom. The maximum absolute atomic E-state index is 11.5. The van der Waals surface area contributed by atoms with Gasteiger partial charge >= 0.3 is 5.97 Å². The Morgan fingerprint density at radius 1 is 1.53 bits per heavy atom. The summed E-state index contributed by atoms with van der Waals surface area (Å²) in [5, 5.41) is 11.0. The molecule has 0 bridgehead atoms. The van der Waals surface area contributed by atoms with E-state index in [9.17, 15) is 9.59 Å². The summed E-state index contributed by atoms with van der Waals surface area (Å²) in [4.78, 5) is 21.7. The molecule has 1 heterocycles. The Kier molecular flexibility index (Phi) is 3.91. The van der Waals surface area contributed by atoms with Crippen molar-refractivity contribution in [1.82, 2.24) is 9.88 Å². The summed E-state index contributed by atoms with van der Waals surface area (Å²) in [5.41, 5.74) is 0.574. The Morgan fingerprint density at radius 3 is 2.80 bits per heavy atom. The van der Waals surface area contributed by atoms with Gasteiger partial charge in [0.1, 0.15) is 5.69 Å². The quantitative estimate of drug-likeness (QED) is 0.700. The van der Waals surface area contributed by atoms with Gasteiger partial charge in [-0.05, 0) is 18.6 Å². The molecule has 0 aromatic carbocycles. The molecule has 1 aromatic heterocycles. The van der Waals surface area contributed by atoms with Gasteiger partial charge in [-0.25, -0.2) is 0 Å². The van der Waals surface area contributed by atoms with Gasteiger partial charge in [-0.2, -0.15) is 0 Å². The van der Waals surface area contributed by atoms with Gasteiger partial charge in [0, 0.05) is 26.2 Å². The molecule has 0 atom stereocenters. The molecule has 1 rings (SSSR count). The van der Waals surface area contributed by atoms with Crippen molar-refractivity contribution in [2.75, 3.05) is 6.54 Å². The van der Waals surface area contributed by atoms with Crippen molar-refractivity contribution >= 4 is 11.9 Å². The predicted molar refractivity (Wildman–Crippen MR) is 54.6 cm³/mol. The van der Waals surface area contributed by atoms with E-state index in [0.717, 1.165) is 0 Å². The van der Waals surface area contributed by atoms with Gasteiger partial charge in [-0.15, -0.1) is 0 Å². The number of amides is 1. The lowest BCUT2D eigenvalue weighted by molar-refractivity contribution is -0.137. The second-order valence-electron chi connectivity index (χ2n) is 3.26. The Hall–Kier alpha value is -1.78. The number of carbonyl (C=O) groups excluding carboxylic acids is 1. The average Bonchev–Trinajstić information content (AvgIpc) is 2.58. The number of nitrogens with one attached hydrogen (secondary N) is 1. The number of hydrogen-bond acceptors (Lipinski definition) is 2. The third-order valence-corrected chi connectivity index (χ3v) is 2.03. The zero-order chi connectivity index (χ0) is 11.3. The number of carbonyl (C=O) groups is 2. The molecule has 2 N–H and O–H groups in total. The van der Waals surface area contributed by atoms with E-state index in [2.05, 4.69) is 5.32 Å². The zero-order valence-corrected chi connectivity index (χ0v) is 8.56. The van der Waals surface area contributed by atoms with E-state index in [1.165, 1.54) is 0 Å². The van der Waals surface area contributed by atoms with Gasteiger partial charge in [0.05, 0.1) is 0 Å². The molecular weight excluding hydrogens is 196 g/mol. The lowest BCUT2D eigenvalue weighted by Crippen LogP contribution is -2.26. The smallest absolute Gasteiger partial charge is 0.303 e. The highest BCUT2D eigenvalue weighted by molar-refractivity contribution is 5.92. The molecule has 0 fully saturated rings. The fraction of sp³-hybridized carbons (Fsp3) is 0.400. The van der Waals surface area contributed by atoms with E-state index in [1.807, 2.05) is 0 Å². The molecule has 0 saturated carbocycles. The summed E-state index contributed by atoms with van der Waals surface area (Å²) in [5.74, 6) is -1.02. The highest BCUT2D eigenvalue weighted by atomic mass is 16.4. The van der Waals surface area contributed by atoms with Gasteiger partial charge in [0.15, 0.2) is 0 Å². The molecular formula is C10H14N2O3. The highest BCUT2D eigenvalue weighted by Crippen LogP contribution is 1.99. The number of aliphatic carboxylic acids is 1. The summed E-state index contributed by atoms with van der Waals surface area (Å²) < 4.78 is 1.71. The molecule has 1 amide bonds. The predicted octanol–water partition coefficient (Wildman–Crippen LogP) is 0.620. The van der Waals surface area contributed by atoms with Crippen LogP contribution in [0.4, 0.5) is 0 Å². The van der Waals surface area contributed by atoms with Gasteiger partial charge in [-0.1, -0.05) is 0 Å². The largest absolute Gasteiger partial charge is 0.481 e. The third kappa shape index (κ3) is 3.46. The van der Waals surface area contributed by atoms with Gasteiger partial charge in [-0.3, -0.25) is 9.59 Å². The number of rotatable bonds is 5. The van der Waals surface area contributed by atoms with Crippen molar-refractivity contribution in [1.29, 1.82) is 0 Å². The second kappa shape index (κ2) is 5.19. The first-order chi connectivity index (χ1) is 7.11. The highest BCUT2D eigenvalue weighted by Gasteiger charge is 2.07. The molecule has 0 saturated heterocycles. The SMILES string of the molecule is Cn1cccc1C(=O)NCCCC(=O)O. The second-order valence-corrected chi connectivity index (χ2v) is 3.26.